The summed E-state index contributed by atoms with van der Waals surface area (Å²) < 4.78 is 0. The van der Waals surface area contributed by atoms with Crippen molar-refractivity contribution < 1.29 is 9.59 Å². The van der Waals surface area contributed by atoms with E-state index < -0.39 is 0 Å². The van der Waals surface area contributed by atoms with Crippen molar-refractivity contribution in [1.29, 1.82) is 0 Å². The largest absolute Gasteiger partial charge is 0.324 e. The predicted octanol–water partition coefficient (Wildman–Crippen LogP) is 3.52. The van der Waals surface area contributed by atoms with E-state index in [1.807, 2.05) is 48.5 Å². The van der Waals surface area contributed by atoms with Crippen LogP contribution >= 0.6 is 11.8 Å². The first-order chi connectivity index (χ1) is 13.7. The molecule has 2 heterocycles. The zero-order valence-electron chi connectivity index (χ0n) is 14.8. The van der Waals surface area contributed by atoms with Crippen LogP contribution in [0.4, 0.5) is 5.69 Å². The minimum atomic E-state index is -0.273. The fourth-order valence-corrected chi connectivity index (χ4v) is 3.42. The second kappa shape index (κ2) is 8.06. The van der Waals surface area contributed by atoms with Crippen LogP contribution in [-0.4, -0.2) is 34.3 Å². The summed E-state index contributed by atoms with van der Waals surface area (Å²) in [5, 5.41) is 5.11. The molecule has 0 fully saturated rings. The number of amides is 2. The molecule has 7 heteroatoms. The molecule has 2 aliphatic rings. The number of carbonyl (C=O) groups is 2. The van der Waals surface area contributed by atoms with Gasteiger partial charge in [0.2, 0.25) is 5.91 Å². The highest BCUT2D eigenvalue weighted by Crippen LogP contribution is 2.27. The molecule has 0 aliphatic carbocycles. The highest BCUT2D eigenvalue weighted by Gasteiger charge is 2.32. The van der Waals surface area contributed by atoms with Crippen LogP contribution in [0.5, 0.6) is 0 Å². The standard InChI is InChI=1S/C21H16N4O2S/c26-18(23-16-9-5-2-6-10-16)14-22-19-17(13-15-7-3-1-4-8-15)20(27)25-11-12-28-21(25)24-19/h1-13H,14H2,(H,23,26)/b17-13-,22-19?. The molecule has 0 saturated carbocycles. The lowest BCUT2D eigenvalue weighted by Crippen LogP contribution is -2.36. The molecule has 0 radical (unpaired) electrons. The van der Waals surface area contributed by atoms with Crippen molar-refractivity contribution in [3.8, 4) is 0 Å². The molecule has 2 aromatic carbocycles. The molecule has 138 valence electrons. The molecule has 2 aliphatic heterocycles. The topological polar surface area (TPSA) is 74.1 Å². The Balaban J connectivity index is 1.61. The molecule has 0 saturated heterocycles. The number of nitrogens with zero attached hydrogens (tertiary/aromatic N) is 3. The van der Waals surface area contributed by atoms with E-state index in [9.17, 15) is 9.59 Å². The number of benzene rings is 2. The van der Waals surface area contributed by atoms with Crippen molar-refractivity contribution in [3.05, 3.63) is 83.4 Å². The van der Waals surface area contributed by atoms with Gasteiger partial charge in [0.05, 0.1) is 5.57 Å². The van der Waals surface area contributed by atoms with E-state index in [1.54, 1.807) is 29.8 Å². The normalized spacial score (nSPS) is 18.4. The van der Waals surface area contributed by atoms with Gasteiger partial charge < -0.3 is 5.32 Å². The SMILES string of the molecule is O=C(CN=C1N=C2SC=CN2C(=O)/C1=C\c1ccccc1)Nc1ccccc1. The Labute approximate surface area is 166 Å². The molecule has 2 amide bonds. The van der Waals surface area contributed by atoms with Gasteiger partial charge in [-0.2, -0.15) is 0 Å². The first kappa shape index (κ1) is 17.9. The quantitative estimate of drug-likeness (QED) is 0.815. The maximum absolute atomic E-state index is 12.9. The number of fused-ring (bicyclic) bond motifs is 1. The first-order valence-corrected chi connectivity index (χ1v) is 9.51. The van der Waals surface area contributed by atoms with E-state index in [-0.39, 0.29) is 24.2 Å². The number of thioether (sulfide) groups is 1. The number of anilines is 1. The molecular formula is C21H16N4O2S. The number of carbonyl (C=O) groups excluding carboxylic acids is 2. The third-order valence-corrected chi connectivity index (χ3v) is 4.78. The molecular weight excluding hydrogens is 372 g/mol. The lowest BCUT2D eigenvalue weighted by atomic mass is 10.1. The Bertz CT molecular complexity index is 1030. The number of hydrogen-bond acceptors (Lipinski definition) is 4. The lowest BCUT2D eigenvalue weighted by molar-refractivity contribution is -0.121. The molecule has 0 bridgehead atoms. The zero-order valence-corrected chi connectivity index (χ0v) is 15.6. The number of aliphatic imine (C=N–C) groups is 2. The van der Waals surface area contributed by atoms with Gasteiger partial charge in [-0.25, -0.2) is 4.99 Å². The highest BCUT2D eigenvalue weighted by atomic mass is 32.2. The van der Waals surface area contributed by atoms with Crippen molar-refractivity contribution >= 4 is 46.3 Å². The van der Waals surface area contributed by atoms with Gasteiger partial charge in [0.25, 0.3) is 5.91 Å². The predicted molar refractivity (Wildman–Crippen MR) is 113 cm³/mol. The summed E-state index contributed by atoms with van der Waals surface area (Å²) in [5.41, 5.74) is 1.91. The minimum absolute atomic E-state index is 0.126. The van der Waals surface area contributed by atoms with E-state index in [0.717, 1.165) is 5.56 Å². The smallest absolute Gasteiger partial charge is 0.267 e. The summed E-state index contributed by atoms with van der Waals surface area (Å²) in [6.07, 6.45) is 3.43. The summed E-state index contributed by atoms with van der Waals surface area (Å²) in [6.45, 7) is -0.126. The summed E-state index contributed by atoms with van der Waals surface area (Å²) in [7, 11) is 0. The van der Waals surface area contributed by atoms with Gasteiger partial charge >= 0.3 is 0 Å². The zero-order chi connectivity index (χ0) is 19.3. The third kappa shape index (κ3) is 3.94. The second-order valence-corrected chi connectivity index (χ2v) is 6.87. The van der Waals surface area contributed by atoms with Crippen LogP contribution in [-0.2, 0) is 9.59 Å². The average Bonchev–Trinajstić information content (AvgIpc) is 3.19. The van der Waals surface area contributed by atoms with E-state index >= 15 is 0 Å². The Kier molecular flexibility index (Phi) is 5.16. The number of nitrogens with one attached hydrogen (secondary N) is 1. The van der Waals surface area contributed by atoms with E-state index in [1.165, 1.54) is 16.7 Å². The molecule has 1 N–H and O–H groups in total. The van der Waals surface area contributed by atoms with Crippen LogP contribution in [0.15, 0.2) is 87.8 Å². The molecule has 0 spiro atoms. The third-order valence-electron chi connectivity index (χ3n) is 4.02. The van der Waals surface area contributed by atoms with Crippen molar-refractivity contribution in [1.82, 2.24) is 4.90 Å². The van der Waals surface area contributed by atoms with E-state index in [0.29, 0.717) is 16.4 Å². The number of hydrogen-bond donors (Lipinski definition) is 1. The van der Waals surface area contributed by atoms with Crippen molar-refractivity contribution in [2.24, 2.45) is 9.98 Å². The summed E-state index contributed by atoms with van der Waals surface area (Å²) in [5.74, 6) is -0.220. The molecule has 0 atom stereocenters. The fourth-order valence-electron chi connectivity index (χ4n) is 2.72. The first-order valence-electron chi connectivity index (χ1n) is 8.63. The maximum atomic E-state index is 12.9. The Morgan fingerprint density at radius 1 is 1.11 bits per heavy atom. The van der Waals surface area contributed by atoms with Gasteiger partial charge in [0.1, 0.15) is 6.54 Å². The van der Waals surface area contributed by atoms with Crippen molar-refractivity contribution in [2.45, 2.75) is 0 Å². The molecule has 2 aromatic rings. The van der Waals surface area contributed by atoms with Gasteiger partial charge in [-0.1, -0.05) is 60.3 Å². The lowest BCUT2D eigenvalue weighted by Gasteiger charge is -2.21. The number of amidine groups is 2. The van der Waals surface area contributed by atoms with Gasteiger partial charge in [0, 0.05) is 11.9 Å². The summed E-state index contributed by atoms with van der Waals surface area (Å²) in [4.78, 5) is 35.4. The van der Waals surface area contributed by atoms with Crippen LogP contribution in [0.1, 0.15) is 5.56 Å². The summed E-state index contributed by atoms with van der Waals surface area (Å²) in [6, 6.07) is 18.6. The number of para-hydroxylation sites is 1. The van der Waals surface area contributed by atoms with Crippen molar-refractivity contribution in [3.63, 3.8) is 0 Å². The van der Waals surface area contributed by atoms with Crippen LogP contribution in [0.25, 0.3) is 6.08 Å². The van der Waals surface area contributed by atoms with Gasteiger partial charge in [-0.05, 0) is 29.2 Å². The van der Waals surface area contributed by atoms with Gasteiger partial charge in [0.15, 0.2) is 11.0 Å². The van der Waals surface area contributed by atoms with Crippen LogP contribution in [0.2, 0.25) is 0 Å². The highest BCUT2D eigenvalue weighted by molar-refractivity contribution is 8.16. The van der Waals surface area contributed by atoms with Crippen molar-refractivity contribution in [2.75, 3.05) is 11.9 Å². The maximum Gasteiger partial charge on any atom is 0.267 e. The van der Waals surface area contributed by atoms with Crippen LogP contribution in [0.3, 0.4) is 0 Å². The summed E-state index contributed by atoms with van der Waals surface area (Å²) >= 11 is 1.34. The fraction of sp³-hybridized carbons (Fsp3) is 0.0476. The molecule has 28 heavy (non-hydrogen) atoms. The monoisotopic (exact) mass is 388 g/mol. The van der Waals surface area contributed by atoms with Gasteiger partial charge in [-0.15, -0.1) is 0 Å². The van der Waals surface area contributed by atoms with E-state index in [4.69, 9.17) is 0 Å². The van der Waals surface area contributed by atoms with E-state index in [2.05, 4.69) is 15.3 Å². The van der Waals surface area contributed by atoms with Crippen LogP contribution < -0.4 is 5.32 Å². The molecule has 6 nitrogen and oxygen atoms in total. The molecule has 0 unspecified atom stereocenters. The molecule has 4 rings (SSSR count). The Morgan fingerprint density at radius 2 is 1.82 bits per heavy atom. The average molecular weight is 388 g/mol. The Morgan fingerprint density at radius 3 is 2.57 bits per heavy atom. The number of rotatable bonds is 4. The second-order valence-electron chi connectivity index (χ2n) is 6.00. The van der Waals surface area contributed by atoms with Gasteiger partial charge in [-0.3, -0.25) is 19.5 Å². The minimum Gasteiger partial charge on any atom is -0.324 e. The Hall–Kier alpha value is -3.45. The molecule has 0 aromatic heterocycles. The van der Waals surface area contributed by atoms with Crippen LogP contribution in [0, 0.1) is 0 Å².